The van der Waals surface area contributed by atoms with Gasteiger partial charge in [0.05, 0.1) is 17.7 Å². The van der Waals surface area contributed by atoms with E-state index in [1.807, 2.05) is 6.07 Å². The van der Waals surface area contributed by atoms with Gasteiger partial charge in [-0.2, -0.15) is 28.5 Å². The van der Waals surface area contributed by atoms with Crippen molar-refractivity contribution in [3.63, 3.8) is 0 Å². The molecule has 1 heterocycles. The Morgan fingerprint density at radius 2 is 1.93 bits per heavy atom. The number of carbonyl (C=O) groups excluding carboxylic acids is 1. The molecule has 0 radical (unpaired) electrons. The first-order valence-corrected chi connectivity index (χ1v) is 8.61. The van der Waals surface area contributed by atoms with Crippen molar-refractivity contribution in [2.45, 2.75) is 18.3 Å². The molecule has 0 aliphatic carbocycles. The van der Waals surface area contributed by atoms with Crippen LogP contribution in [-0.4, -0.2) is 40.2 Å². The SMILES string of the molecule is N#Cc1ccccc1OCC(=O)N1N=C(c2ccc(Cl)cc2)C[C@@]1(O)C(F)(F)F. The Kier molecular flexibility index (Phi) is 5.50. The lowest BCUT2D eigenvalue weighted by Gasteiger charge is -2.32. The van der Waals surface area contributed by atoms with Gasteiger partial charge in [0.1, 0.15) is 11.8 Å². The summed E-state index contributed by atoms with van der Waals surface area (Å²) in [5.74, 6) is -1.19. The number of hydrazone groups is 1. The molecule has 0 aromatic heterocycles. The highest BCUT2D eigenvalue weighted by molar-refractivity contribution is 6.30. The van der Waals surface area contributed by atoms with Gasteiger partial charge in [0.2, 0.25) is 0 Å². The molecule has 0 fully saturated rings. The number of rotatable bonds is 4. The largest absolute Gasteiger partial charge is 0.482 e. The zero-order valence-electron chi connectivity index (χ0n) is 14.7. The molecule has 3 rings (SSSR count). The number of para-hydroxylation sites is 1. The molecule has 10 heteroatoms. The highest BCUT2D eigenvalue weighted by Gasteiger charge is 2.63. The van der Waals surface area contributed by atoms with Crippen LogP contribution in [0.4, 0.5) is 13.2 Å². The number of ether oxygens (including phenoxy) is 1. The standard InChI is InChI=1S/C19H13ClF3N3O3/c20-14-7-5-12(6-8-14)15-9-18(28,19(21,22)23)26(25-15)17(27)11-29-16-4-2-1-3-13(16)10-24/h1-8,28H,9,11H2/t18-/m1/s1. The fraction of sp³-hybridized carbons (Fsp3) is 0.211. The van der Waals surface area contributed by atoms with Gasteiger partial charge >= 0.3 is 6.18 Å². The van der Waals surface area contributed by atoms with E-state index in [4.69, 9.17) is 21.6 Å². The van der Waals surface area contributed by atoms with Crippen molar-refractivity contribution in [2.24, 2.45) is 5.10 Å². The highest BCUT2D eigenvalue weighted by atomic mass is 35.5. The van der Waals surface area contributed by atoms with E-state index < -0.39 is 30.8 Å². The first kappa shape index (κ1) is 20.6. The normalized spacial score (nSPS) is 18.9. The van der Waals surface area contributed by atoms with Crippen LogP contribution in [0.15, 0.2) is 53.6 Å². The minimum atomic E-state index is -5.16. The second-order valence-electron chi connectivity index (χ2n) is 6.15. The molecule has 1 amide bonds. The third kappa shape index (κ3) is 4.04. The average molecular weight is 424 g/mol. The third-order valence-corrected chi connectivity index (χ3v) is 4.46. The van der Waals surface area contributed by atoms with Crippen molar-refractivity contribution in [3.05, 3.63) is 64.7 Å². The van der Waals surface area contributed by atoms with Crippen LogP contribution in [0.3, 0.4) is 0 Å². The lowest BCUT2D eigenvalue weighted by Crippen LogP contribution is -2.57. The number of nitrogens with zero attached hydrogens (tertiary/aromatic N) is 3. The Bertz CT molecular complexity index is 1000. The van der Waals surface area contributed by atoms with Crippen molar-refractivity contribution < 1.29 is 27.8 Å². The molecule has 1 N–H and O–H groups in total. The van der Waals surface area contributed by atoms with Gasteiger partial charge in [-0.15, -0.1) is 0 Å². The molecule has 1 atom stereocenters. The summed E-state index contributed by atoms with van der Waals surface area (Å²) in [6.45, 7) is -0.853. The zero-order valence-corrected chi connectivity index (χ0v) is 15.4. The summed E-state index contributed by atoms with van der Waals surface area (Å²) in [4.78, 5) is 12.4. The van der Waals surface area contributed by atoms with Crippen molar-refractivity contribution in [1.29, 1.82) is 5.26 Å². The Morgan fingerprint density at radius 3 is 2.55 bits per heavy atom. The monoisotopic (exact) mass is 423 g/mol. The molecule has 0 bridgehead atoms. The van der Waals surface area contributed by atoms with Gasteiger partial charge in [0.15, 0.2) is 6.61 Å². The van der Waals surface area contributed by atoms with Gasteiger partial charge in [-0.1, -0.05) is 35.9 Å². The Balaban J connectivity index is 1.87. The Morgan fingerprint density at radius 1 is 1.28 bits per heavy atom. The number of alkyl halides is 3. The summed E-state index contributed by atoms with van der Waals surface area (Å²) in [7, 11) is 0. The van der Waals surface area contributed by atoms with Gasteiger partial charge in [0, 0.05) is 5.02 Å². The summed E-state index contributed by atoms with van der Waals surface area (Å²) >= 11 is 5.78. The molecular weight excluding hydrogens is 411 g/mol. The molecule has 0 unspecified atom stereocenters. The van der Waals surface area contributed by atoms with E-state index in [1.165, 1.54) is 36.4 Å². The molecule has 0 spiro atoms. The van der Waals surface area contributed by atoms with E-state index >= 15 is 0 Å². The van der Waals surface area contributed by atoms with Gasteiger partial charge in [-0.3, -0.25) is 4.79 Å². The van der Waals surface area contributed by atoms with Crippen molar-refractivity contribution in [2.75, 3.05) is 6.61 Å². The lowest BCUT2D eigenvalue weighted by atomic mass is 10.0. The average Bonchev–Trinajstić information content (AvgIpc) is 3.06. The predicted octanol–water partition coefficient (Wildman–Crippen LogP) is 3.48. The maximum Gasteiger partial charge on any atom is 0.438 e. The molecular formula is C19H13ClF3N3O3. The van der Waals surface area contributed by atoms with Crippen molar-refractivity contribution in [3.8, 4) is 11.8 Å². The number of carbonyl (C=O) groups is 1. The quantitative estimate of drug-likeness (QED) is 0.815. The molecule has 150 valence electrons. The van der Waals surface area contributed by atoms with E-state index in [-0.39, 0.29) is 27.6 Å². The molecule has 29 heavy (non-hydrogen) atoms. The van der Waals surface area contributed by atoms with Crippen molar-refractivity contribution in [1.82, 2.24) is 5.01 Å². The van der Waals surface area contributed by atoms with Crippen LogP contribution in [0.25, 0.3) is 0 Å². The maximum absolute atomic E-state index is 13.6. The fourth-order valence-corrected chi connectivity index (χ4v) is 2.84. The van der Waals surface area contributed by atoms with Crippen LogP contribution in [0.5, 0.6) is 5.75 Å². The van der Waals surface area contributed by atoms with Crippen LogP contribution in [0, 0.1) is 11.3 Å². The highest BCUT2D eigenvalue weighted by Crippen LogP contribution is 2.41. The second kappa shape index (κ2) is 7.73. The van der Waals surface area contributed by atoms with E-state index in [2.05, 4.69) is 5.10 Å². The molecule has 1 aliphatic rings. The summed E-state index contributed by atoms with van der Waals surface area (Å²) < 4.78 is 45.9. The number of amides is 1. The van der Waals surface area contributed by atoms with Gasteiger partial charge in [-0.25, -0.2) is 0 Å². The molecule has 2 aromatic rings. The number of benzene rings is 2. The summed E-state index contributed by atoms with van der Waals surface area (Å²) in [5, 5.41) is 23.3. The topological polar surface area (TPSA) is 85.9 Å². The number of hydrogen-bond acceptors (Lipinski definition) is 5. The van der Waals surface area contributed by atoms with Gasteiger partial charge < -0.3 is 9.84 Å². The number of nitriles is 1. The van der Waals surface area contributed by atoms with Crippen molar-refractivity contribution >= 4 is 23.2 Å². The van der Waals surface area contributed by atoms with E-state index in [1.54, 1.807) is 12.1 Å². The molecule has 1 aliphatic heterocycles. The zero-order chi connectivity index (χ0) is 21.2. The first-order valence-electron chi connectivity index (χ1n) is 8.23. The number of aliphatic hydroxyl groups is 1. The molecule has 0 saturated carbocycles. The van der Waals surface area contributed by atoms with Gasteiger partial charge in [0.25, 0.3) is 11.6 Å². The minimum absolute atomic E-state index is 0.0219. The number of hydrogen-bond donors (Lipinski definition) is 1. The fourth-order valence-electron chi connectivity index (χ4n) is 2.72. The smallest absolute Gasteiger partial charge is 0.438 e. The summed E-state index contributed by atoms with van der Waals surface area (Å²) in [6, 6.07) is 13.6. The van der Waals surface area contributed by atoms with E-state index in [9.17, 15) is 23.1 Å². The van der Waals surface area contributed by atoms with E-state index in [0.717, 1.165) is 0 Å². The van der Waals surface area contributed by atoms with Crippen LogP contribution < -0.4 is 4.74 Å². The van der Waals surface area contributed by atoms with Crippen LogP contribution in [0.1, 0.15) is 17.5 Å². The van der Waals surface area contributed by atoms with Crippen LogP contribution in [0.2, 0.25) is 5.02 Å². The van der Waals surface area contributed by atoms with Crippen LogP contribution >= 0.6 is 11.6 Å². The van der Waals surface area contributed by atoms with Crippen LogP contribution in [-0.2, 0) is 4.79 Å². The minimum Gasteiger partial charge on any atom is -0.482 e. The molecule has 6 nitrogen and oxygen atoms in total. The van der Waals surface area contributed by atoms with E-state index in [0.29, 0.717) is 5.02 Å². The number of halogens is 4. The third-order valence-electron chi connectivity index (χ3n) is 4.21. The Labute approximate surface area is 168 Å². The molecule has 0 saturated heterocycles. The molecule has 2 aromatic carbocycles. The summed E-state index contributed by atoms with van der Waals surface area (Å²) in [6.07, 6.45) is -6.11. The van der Waals surface area contributed by atoms with Gasteiger partial charge in [-0.05, 0) is 29.8 Å². The second-order valence-corrected chi connectivity index (χ2v) is 6.58. The Hall–Kier alpha value is -3.09. The predicted molar refractivity (Wildman–Crippen MR) is 97.1 cm³/mol. The first-order chi connectivity index (χ1) is 13.7. The summed E-state index contributed by atoms with van der Waals surface area (Å²) in [5.41, 5.74) is -3.26. The maximum atomic E-state index is 13.6. The lowest BCUT2D eigenvalue weighted by molar-refractivity contribution is -0.302.